The van der Waals surface area contributed by atoms with Crippen LogP contribution in [-0.4, -0.2) is 64.2 Å². The molecule has 0 fully saturated rings. The standard InChI is InChI=1S/C51H88N4O4/c1-4-7-10-13-16-17-23-34-45-58-50(56)39-31-25-33-42-54(43-44-55-46-49(52-53-55)47-35-26-24-27-36-47)41-32-22-18-21-30-40-51(57)59-48(37-28-19-14-11-8-5-2)38-29-20-15-12-9-6-3/h16-17,24,26-27,35-36,46,48H,4-15,18-23,25,28-34,37-45H2,1-3H3/b17-16-. The van der Waals surface area contributed by atoms with Crippen LogP contribution in [0.25, 0.3) is 11.3 Å². The summed E-state index contributed by atoms with van der Waals surface area (Å²) in [5.41, 5.74) is 1.98. The molecule has 0 aliphatic carbocycles. The third-order valence-corrected chi connectivity index (χ3v) is 11.4. The van der Waals surface area contributed by atoms with Crippen molar-refractivity contribution in [2.45, 2.75) is 226 Å². The first kappa shape index (κ1) is 52.1. The van der Waals surface area contributed by atoms with Crippen LogP contribution in [0.3, 0.4) is 0 Å². The number of hydrogen-bond donors (Lipinski definition) is 0. The molecule has 0 saturated heterocycles. The van der Waals surface area contributed by atoms with E-state index in [2.05, 4.69) is 60.3 Å². The quantitative estimate of drug-likeness (QED) is 0.0375. The molecule has 336 valence electrons. The number of nitrogens with zero attached hydrogens (tertiary/aromatic N) is 4. The minimum Gasteiger partial charge on any atom is -0.466 e. The van der Waals surface area contributed by atoms with Crippen molar-refractivity contribution in [3.63, 3.8) is 0 Å². The van der Waals surface area contributed by atoms with E-state index in [1.807, 2.05) is 29.1 Å². The lowest BCUT2D eigenvalue weighted by Gasteiger charge is -2.22. The summed E-state index contributed by atoms with van der Waals surface area (Å²) < 4.78 is 13.5. The molecule has 0 radical (unpaired) electrons. The Balaban J connectivity index is 1.70. The highest BCUT2D eigenvalue weighted by Crippen LogP contribution is 2.19. The van der Waals surface area contributed by atoms with E-state index in [1.54, 1.807) is 0 Å². The van der Waals surface area contributed by atoms with E-state index in [0.29, 0.717) is 19.4 Å². The summed E-state index contributed by atoms with van der Waals surface area (Å²) in [6.45, 7) is 11.0. The zero-order chi connectivity index (χ0) is 42.3. The van der Waals surface area contributed by atoms with E-state index in [9.17, 15) is 9.59 Å². The van der Waals surface area contributed by atoms with Crippen LogP contribution in [0.4, 0.5) is 0 Å². The van der Waals surface area contributed by atoms with Crippen LogP contribution in [0, 0.1) is 0 Å². The van der Waals surface area contributed by atoms with Gasteiger partial charge in [0.15, 0.2) is 0 Å². The van der Waals surface area contributed by atoms with Gasteiger partial charge in [0.05, 0.1) is 19.3 Å². The third-order valence-electron chi connectivity index (χ3n) is 11.4. The largest absolute Gasteiger partial charge is 0.466 e. The van der Waals surface area contributed by atoms with Gasteiger partial charge in [0.25, 0.3) is 0 Å². The molecule has 1 aromatic heterocycles. The van der Waals surface area contributed by atoms with Gasteiger partial charge < -0.3 is 14.4 Å². The second-order valence-electron chi connectivity index (χ2n) is 17.0. The van der Waals surface area contributed by atoms with Crippen molar-refractivity contribution in [1.29, 1.82) is 0 Å². The van der Waals surface area contributed by atoms with E-state index in [-0.39, 0.29) is 18.0 Å². The summed E-state index contributed by atoms with van der Waals surface area (Å²) in [6.07, 6.45) is 40.3. The molecule has 0 amide bonds. The molecule has 59 heavy (non-hydrogen) atoms. The highest BCUT2D eigenvalue weighted by atomic mass is 16.5. The maximum Gasteiger partial charge on any atom is 0.306 e. The van der Waals surface area contributed by atoms with E-state index >= 15 is 0 Å². The Bertz CT molecular complexity index is 1270. The molecule has 0 N–H and O–H groups in total. The van der Waals surface area contributed by atoms with Crippen molar-refractivity contribution in [2.75, 3.05) is 26.2 Å². The fourth-order valence-electron chi connectivity index (χ4n) is 7.66. The first-order chi connectivity index (χ1) is 29.0. The predicted molar refractivity (Wildman–Crippen MR) is 247 cm³/mol. The van der Waals surface area contributed by atoms with E-state index < -0.39 is 0 Å². The lowest BCUT2D eigenvalue weighted by Crippen LogP contribution is -2.30. The topological polar surface area (TPSA) is 86.5 Å². The van der Waals surface area contributed by atoms with Crippen molar-refractivity contribution < 1.29 is 19.1 Å². The molecule has 0 aliphatic heterocycles. The predicted octanol–water partition coefficient (Wildman–Crippen LogP) is 14.0. The van der Waals surface area contributed by atoms with Gasteiger partial charge >= 0.3 is 11.9 Å². The molecule has 0 spiro atoms. The van der Waals surface area contributed by atoms with Crippen LogP contribution < -0.4 is 0 Å². The first-order valence-electron chi connectivity index (χ1n) is 24.7. The number of allylic oxidation sites excluding steroid dienone is 2. The maximum absolute atomic E-state index is 12.9. The van der Waals surface area contributed by atoms with Crippen molar-refractivity contribution in [1.82, 2.24) is 19.9 Å². The summed E-state index contributed by atoms with van der Waals surface area (Å²) in [7, 11) is 0. The highest BCUT2D eigenvalue weighted by Gasteiger charge is 2.15. The van der Waals surface area contributed by atoms with Gasteiger partial charge in [-0.05, 0) is 90.1 Å². The molecule has 0 atom stereocenters. The van der Waals surface area contributed by atoms with Gasteiger partial charge in [-0.15, -0.1) is 5.10 Å². The molecule has 0 bridgehead atoms. The second-order valence-corrected chi connectivity index (χ2v) is 17.0. The van der Waals surface area contributed by atoms with Gasteiger partial charge in [-0.1, -0.05) is 171 Å². The Kier molecular flexibility index (Phi) is 33.5. The Morgan fingerprint density at radius 1 is 0.610 bits per heavy atom. The molecule has 2 rings (SSSR count). The van der Waals surface area contributed by atoms with Crippen LogP contribution in [0.5, 0.6) is 0 Å². The molecule has 1 aromatic carbocycles. The number of rotatable bonds is 41. The molecule has 8 heteroatoms. The molecule has 8 nitrogen and oxygen atoms in total. The Morgan fingerprint density at radius 2 is 1.14 bits per heavy atom. The van der Waals surface area contributed by atoms with Gasteiger partial charge in [-0.25, -0.2) is 0 Å². The lowest BCUT2D eigenvalue weighted by molar-refractivity contribution is -0.150. The second kappa shape index (κ2) is 38.0. The Hall–Kier alpha value is -3.00. The molecule has 0 unspecified atom stereocenters. The summed E-state index contributed by atoms with van der Waals surface area (Å²) in [4.78, 5) is 27.7. The Labute approximate surface area is 362 Å². The van der Waals surface area contributed by atoms with Crippen LogP contribution in [0.2, 0.25) is 0 Å². The molecule has 0 saturated carbocycles. The number of benzene rings is 1. The summed E-state index contributed by atoms with van der Waals surface area (Å²) in [6, 6.07) is 10.2. The number of aromatic nitrogens is 3. The third kappa shape index (κ3) is 29.8. The highest BCUT2D eigenvalue weighted by molar-refractivity contribution is 5.69. The van der Waals surface area contributed by atoms with Crippen molar-refractivity contribution in [2.24, 2.45) is 0 Å². The number of unbranched alkanes of at least 4 members (excludes halogenated alkanes) is 20. The first-order valence-corrected chi connectivity index (χ1v) is 24.7. The Morgan fingerprint density at radius 3 is 1.78 bits per heavy atom. The number of carbonyl (C=O) groups excluding carboxylic acids is 2. The van der Waals surface area contributed by atoms with E-state index in [1.165, 1.54) is 96.3 Å². The molecule has 1 heterocycles. The van der Waals surface area contributed by atoms with Gasteiger partial charge in [0.1, 0.15) is 11.8 Å². The SMILES string of the molecule is CCCCC/C=C\CCCOC(=O)CCCCCN(CCCCCCCC(=O)OC(CCCCCCCC)CCCCCCCC)CCn1cc(-c2ccccc2)nn1. The minimum atomic E-state index is -0.0661. The van der Waals surface area contributed by atoms with Gasteiger partial charge in [-0.2, -0.15) is 0 Å². The van der Waals surface area contributed by atoms with Crippen molar-refractivity contribution in [3.8, 4) is 11.3 Å². The fraction of sp³-hybridized carbons (Fsp3) is 0.765. The minimum absolute atomic E-state index is 0.0101. The van der Waals surface area contributed by atoms with E-state index in [0.717, 1.165) is 121 Å². The maximum atomic E-state index is 12.9. The van der Waals surface area contributed by atoms with Gasteiger partial charge in [0.2, 0.25) is 0 Å². The number of hydrogen-bond acceptors (Lipinski definition) is 7. The van der Waals surface area contributed by atoms with Gasteiger partial charge in [0, 0.05) is 24.9 Å². The number of carbonyl (C=O) groups is 2. The van der Waals surface area contributed by atoms with E-state index in [4.69, 9.17) is 9.47 Å². The normalized spacial score (nSPS) is 11.7. The fourth-order valence-corrected chi connectivity index (χ4v) is 7.66. The average molecular weight is 821 g/mol. The summed E-state index contributed by atoms with van der Waals surface area (Å²) >= 11 is 0. The smallest absolute Gasteiger partial charge is 0.306 e. The number of ether oxygens (including phenoxy) is 2. The van der Waals surface area contributed by atoms with Crippen molar-refractivity contribution >= 4 is 11.9 Å². The summed E-state index contributed by atoms with van der Waals surface area (Å²) in [5, 5.41) is 8.83. The number of esters is 2. The van der Waals surface area contributed by atoms with Gasteiger partial charge in [-0.3, -0.25) is 14.3 Å². The zero-order valence-corrected chi connectivity index (χ0v) is 38.4. The molecular formula is C51H88N4O4. The van der Waals surface area contributed by atoms with Crippen LogP contribution in [-0.2, 0) is 25.6 Å². The van der Waals surface area contributed by atoms with Crippen LogP contribution in [0.15, 0.2) is 48.7 Å². The van der Waals surface area contributed by atoms with Crippen molar-refractivity contribution in [3.05, 3.63) is 48.7 Å². The average Bonchev–Trinajstić information content (AvgIpc) is 3.73. The lowest BCUT2D eigenvalue weighted by atomic mass is 10.0. The monoisotopic (exact) mass is 821 g/mol. The summed E-state index contributed by atoms with van der Waals surface area (Å²) in [5.74, 6) is -0.0561. The molecule has 0 aliphatic rings. The zero-order valence-electron chi connectivity index (χ0n) is 38.4. The van der Waals surface area contributed by atoms with Crippen LogP contribution in [0.1, 0.15) is 213 Å². The van der Waals surface area contributed by atoms with Crippen LogP contribution >= 0.6 is 0 Å². The molecule has 2 aromatic rings. The molecular weight excluding hydrogens is 733 g/mol.